The molecule has 0 aromatic heterocycles. The molecule has 10 heteroatoms. The van der Waals surface area contributed by atoms with Crippen LogP contribution in [0.25, 0.3) is 64.6 Å². The summed E-state index contributed by atoms with van der Waals surface area (Å²) in [5.74, 6) is 2.27. The van der Waals surface area contributed by atoms with E-state index >= 15 is 0 Å². The number of methoxy groups -OCH3 is 3. The molecule has 0 amide bonds. The van der Waals surface area contributed by atoms with Crippen LogP contribution >= 0.6 is 0 Å². The summed E-state index contributed by atoms with van der Waals surface area (Å²) in [5.41, 5.74) is 4.22. The topological polar surface area (TPSA) is 121 Å². The highest BCUT2D eigenvalue weighted by Crippen LogP contribution is 2.46. The highest BCUT2D eigenvalue weighted by Gasteiger charge is 2.39. The van der Waals surface area contributed by atoms with Crippen LogP contribution in [0.15, 0.2) is 206 Å². The molecule has 12 rings (SSSR count). The van der Waals surface area contributed by atoms with E-state index < -0.39 is 20.0 Å². The van der Waals surface area contributed by atoms with E-state index in [0.717, 1.165) is 90.7 Å². The number of ether oxygens (including phenoxy) is 4. The van der Waals surface area contributed by atoms with Gasteiger partial charge in [0, 0.05) is 19.1 Å². The highest BCUT2D eigenvalue weighted by atomic mass is 28.4. The number of aliphatic hydroxyl groups is 1. The maximum atomic E-state index is 12.4. The van der Waals surface area contributed by atoms with Crippen molar-refractivity contribution in [2.45, 2.75) is 37.5 Å². The maximum absolute atomic E-state index is 12.4. The minimum Gasteiger partial charge on any atom is -0.497 e. The number of rotatable bonds is 18. The molecule has 0 aliphatic rings. The molecule has 1 unspecified atom stereocenters. The molecule has 0 saturated carbocycles. The molecule has 12 aromatic rings. The van der Waals surface area contributed by atoms with Crippen LogP contribution in [-0.4, -0.2) is 80.8 Å². The van der Waals surface area contributed by atoms with Gasteiger partial charge in [-0.25, -0.2) is 0 Å². The third-order valence-electron chi connectivity index (χ3n) is 15.8. The Kier molecular flexibility index (Phi) is 14.9. The van der Waals surface area contributed by atoms with Crippen molar-refractivity contribution in [1.82, 2.24) is 4.90 Å². The second-order valence-electron chi connectivity index (χ2n) is 20.7. The summed E-state index contributed by atoms with van der Waals surface area (Å²) in [7, 11) is 0.806. The average Bonchev–Trinajstić information content (AvgIpc) is 3.62. The predicted molar refractivity (Wildman–Crippen MR) is 322 cm³/mol. The number of aryl methyl sites for hydroxylation is 1. The SMILES string of the molecule is CCCN(CCOC(c1ccc(OC)cc1)(c1ccc(OC)cc1)c1cc2ccc3cccc4ccc(c1)c2c34)CC[Si](O)(O)O.COc1ccc(C(O)(c2ccc(C)cc2)c2cc3ccc4cccc5ccc(c2)c3c45)cc1. The Morgan fingerprint density at radius 1 is 0.405 bits per heavy atom. The molecule has 79 heavy (non-hydrogen) atoms. The molecule has 0 saturated heterocycles. The Hall–Kier alpha value is -7.90. The monoisotopic (exact) mass is 1060 g/mol. The van der Waals surface area contributed by atoms with Gasteiger partial charge in [-0.05, 0) is 179 Å². The minimum absolute atomic E-state index is 0.0502. The highest BCUT2D eigenvalue weighted by molar-refractivity contribution is 6.56. The maximum Gasteiger partial charge on any atom is 0.494 e. The van der Waals surface area contributed by atoms with Gasteiger partial charge < -0.3 is 43.3 Å². The third-order valence-corrected chi connectivity index (χ3v) is 16.6. The van der Waals surface area contributed by atoms with E-state index in [-0.39, 0.29) is 6.04 Å². The Bertz CT molecular complexity index is 3850. The summed E-state index contributed by atoms with van der Waals surface area (Å²) in [6.45, 7) is 6.14. The Labute approximate surface area is 462 Å². The zero-order valence-corrected chi connectivity index (χ0v) is 46.2. The zero-order valence-electron chi connectivity index (χ0n) is 45.2. The second kappa shape index (κ2) is 22.1. The van der Waals surface area contributed by atoms with Gasteiger partial charge in [0.1, 0.15) is 28.5 Å². The first kappa shape index (κ1) is 53.1. The number of hydrogen-bond acceptors (Lipinski definition) is 9. The van der Waals surface area contributed by atoms with Crippen LogP contribution in [0, 0.1) is 6.92 Å². The van der Waals surface area contributed by atoms with E-state index in [0.29, 0.717) is 19.7 Å². The smallest absolute Gasteiger partial charge is 0.494 e. The van der Waals surface area contributed by atoms with E-state index in [2.05, 4.69) is 164 Å². The molecule has 0 fully saturated rings. The lowest BCUT2D eigenvalue weighted by Gasteiger charge is -2.37. The van der Waals surface area contributed by atoms with Gasteiger partial charge in [0.2, 0.25) is 0 Å². The predicted octanol–water partition coefficient (Wildman–Crippen LogP) is 13.7. The van der Waals surface area contributed by atoms with Crippen LogP contribution in [0.3, 0.4) is 0 Å². The van der Waals surface area contributed by atoms with Crippen LogP contribution in [0.5, 0.6) is 17.2 Å². The van der Waals surface area contributed by atoms with E-state index in [1.54, 1.807) is 21.3 Å². The Morgan fingerprint density at radius 2 is 0.759 bits per heavy atom. The van der Waals surface area contributed by atoms with Crippen molar-refractivity contribution in [1.29, 1.82) is 0 Å². The molecule has 0 bridgehead atoms. The van der Waals surface area contributed by atoms with E-state index in [4.69, 9.17) is 18.9 Å². The summed E-state index contributed by atoms with van der Waals surface area (Å²) < 4.78 is 23.6. The lowest BCUT2D eigenvalue weighted by Crippen LogP contribution is -2.41. The Balaban J connectivity index is 0.000000176. The fourth-order valence-corrected chi connectivity index (χ4v) is 12.4. The molecule has 4 N–H and O–H groups in total. The average molecular weight is 1060 g/mol. The molecular formula is C69H65NO8Si. The molecule has 0 aliphatic heterocycles. The van der Waals surface area contributed by atoms with Crippen LogP contribution in [0.2, 0.25) is 6.04 Å². The van der Waals surface area contributed by atoms with Gasteiger partial charge in [-0.1, -0.05) is 158 Å². The van der Waals surface area contributed by atoms with E-state index in [9.17, 15) is 19.5 Å². The van der Waals surface area contributed by atoms with E-state index in [1.165, 1.54) is 43.1 Å². The third kappa shape index (κ3) is 10.2. The fourth-order valence-electron chi connectivity index (χ4n) is 11.7. The summed E-state index contributed by atoms with van der Waals surface area (Å²) in [5, 5.41) is 26.9. The van der Waals surface area contributed by atoms with Crippen LogP contribution in [0.4, 0.5) is 0 Å². The van der Waals surface area contributed by atoms with E-state index in [1.807, 2.05) is 60.7 Å². The zero-order chi connectivity index (χ0) is 54.9. The first-order chi connectivity index (χ1) is 38.3. The standard InChI is InChI=1S/C38H41NO6Si.C31H24O2/c1-4-20-39(22-24-46(40,41)42)21-23-45-38(31-12-16-34(43-2)17-13-31,32-14-18-35(44-3)19-15-32)33-25-29-10-8-27-6-5-7-28-9-11-30(26-33)37(29)36(27)28;1-20-6-12-25(13-7-20)31(32,26-14-16-28(33-2)17-15-26)27-18-23-10-8-21-4-3-5-22-9-11-24(19-27)30(23)29(21)22/h5-19,25-26,40-42H,4,20-24H2,1-3H3;3-19,32H,1-2H3. The molecule has 12 aromatic carbocycles. The first-order valence-corrected chi connectivity index (χ1v) is 29.0. The molecule has 0 spiro atoms. The van der Waals surface area contributed by atoms with Crippen molar-refractivity contribution < 1.29 is 38.4 Å². The lowest BCUT2D eigenvalue weighted by molar-refractivity contribution is 0.00123. The van der Waals surface area contributed by atoms with Crippen LogP contribution < -0.4 is 14.2 Å². The van der Waals surface area contributed by atoms with Gasteiger partial charge in [0.15, 0.2) is 0 Å². The molecule has 0 aliphatic carbocycles. The van der Waals surface area contributed by atoms with Crippen molar-refractivity contribution in [3.63, 3.8) is 0 Å². The summed E-state index contributed by atoms with van der Waals surface area (Å²) >= 11 is 0. The Morgan fingerprint density at radius 3 is 1.14 bits per heavy atom. The summed E-state index contributed by atoms with van der Waals surface area (Å²) in [6.07, 6.45) is 0.884. The van der Waals surface area contributed by atoms with Crippen molar-refractivity contribution in [3.8, 4) is 17.2 Å². The lowest BCUT2D eigenvalue weighted by atomic mass is 9.78. The normalized spacial score (nSPS) is 12.9. The molecule has 0 heterocycles. The molecule has 9 nitrogen and oxygen atoms in total. The summed E-state index contributed by atoms with van der Waals surface area (Å²) in [6, 6.07) is 70.9. The van der Waals surface area contributed by atoms with Gasteiger partial charge in [0.25, 0.3) is 0 Å². The quantitative estimate of drug-likeness (QED) is 0.0378. The molecule has 1 atom stereocenters. The largest absolute Gasteiger partial charge is 0.497 e. The van der Waals surface area contributed by atoms with Gasteiger partial charge in [-0.2, -0.15) is 0 Å². The van der Waals surface area contributed by atoms with Crippen molar-refractivity contribution in [2.24, 2.45) is 0 Å². The van der Waals surface area contributed by atoms with Gasteiger partial charge >= 0.3 is 8.80 Å². The fraction of sp³-hybridized carbons (Fsp3) is 0.188. The van der Waals surface area contributed by atoms with Crippen molar-refractivity contribution in [3.05, 3.63) is 245 Å². The number of hydrogen-bond donors (Lipinski definition) is 4. The summed E-state index contributed by atoms with van der Waals surface area (Å²) in [4.78, 5) is 31.2. The van der Waals surface area contributed by atoms with Crippen molar-refractivity contribution in [2.75, 3.05) is 47.6 Å². The van der Waals surface area contributed by atoms with Gasteiger partial charge in [-0.15, -0.1) is 0 Å². The molecule has 398 valence electrons. The molecular weight excluding hydrogens is 999 g/mol. The minimum atomic E-state index is -4.17. The van der Waals surface area contributed by atoms with Crippen LogP contribution in [0.1, 0.15) is 52.3 Å². The molecule has 0 radical (unpaired) electrons. The number of nitrogens with zero attached hydrogens (tertiary/aromatic N) is 1. The van der Waals surface area contributed by atoms with Gasteiger partial charge in [-0.3, -0.25) is 0 Å². The second-order valence-corrected chi connectivity index (χ2v) is 22.7. The van der Waals surface area contributed by atoms with Crippen molar-refractivity contribution >= 4 is 73.4 Å². The number of benzene rings is 12. The first-order valence-electron chi connectivity index (χ1n) is 27.0. The van der Waals surface area contributed by atoms with Gasteiger partial charge in [0.05, 0.1) is 27.9 Å². The van der Waals surface area contributed by atoms with Crippen LogP contribution in [-0.2, 0) is 15.9 Å².